The van der Waals surface area contributed by atoms with Crippen LogP contribution in [0.3, 0.4) is 0 Å². The van der Waals surface area contributed by atoms with Crippen molar-refractivity contribution in [1.82, 2.24) is 0 Å². The molecule has 1 aliphatic carbocycles. The van der Waals surface area contributed by atoms with Gasteiger partial charge < -0.3 is 5.32 Å². The average Bonchev–Trinajstić information content (AvgIpc) is 2.36. The number of rotatable bonds is 4. The van der Waals surface area contributed by atoms with Crippen molar-refractivity contribution < 1.29 is 0 Å². The number of hydrogen-bond acceptors (Lipinski definition) is 1. The van der Waals surface area contributed by atoms with Gasteiger partial charge in [0.2, 0.25) is 0 Å². The van der Waals surface area contributed by atoms with Crippen LogP contribution in [0.15, 0.2) is 30.9 Å². The van der Waals surface area contributed by atoms with Crippen LogP contribution in [0.4, 0.5) is 5.69 Å². The highest BCUT2D eigenvalue weighted by Gasteiger charge is 2.30. The van der Waals surface area contributed by atoms with Gasteiger partial charge in [-0.2, -0.15) is 0 Å². The Hall–Kier alpha value is -0.950. The number of benzene rings is 1. The van der Waals surface area contributed by atoms with E-state index < -0.39 is 0 Å². The van der Waals surface area contributed by atoms with Gasteiger partial charge in [0.1, 0.15) is 0 Å². The van der Waals surface area contributed by atoms with Gasteiger partial charge in [0.25, 0.3) is 0 Å². The normalized spacial score (nSPS) is 17.4. The van der Waals surface area contributed by atoms with Crippen LogP contribution in [0, 0.1) is 13.8 Å². The summed E-state index contributed by atoms with van der Waals surface area (Å²) in [5, 5.41) is 3.83. The fourth-order valence-corrected chi connectivity index (χ4v) is 3.06. The summed E-state index contributed by atoms with van der Waals surface area (Å²) in [6, 6.07) is 6.54. The Balaban J connectivity index is 0.00000180. The topological polar surface area (TPSA) is 12.0 Å². The first-order chi connectivity index (χ1) is 8.67. The van der Waals surface area contributed by atoms with Crippen molar-refractivity contribution in [3.8, 4) is 0 Å². The van der Waals surface area contributed by atoms with Crippen LogP contribution in [-0.2, 0) is 0 Å². The summed E-state index contributed by atoms with van der Waals surface area (Å²) in [6.07, 6.45) is 9.74. The van der Waals surface area contributed by atoms with E-state index in [2.05, 4.69) is 50.0 Å². The first kappa shape index (κ1) is 16.1. The van der Waals surface area contributed by atoms with Crippen molar-refractivity contribution in [3.63, 3.8) is 0 Å². The molecule has 0 heterocycles. The Labute approximate surface area is 123 Å². The van der Waals surface area contributed by atoms with Crippen LogP contribution in [0.2, 0.25) is 0 Å². The second-order valence-corrected chi connectivity index (χ2v) is 5.71. The molecule has 1 aliphatic rings. The van der Waals surface area contributed by atoms with Crippen LogP contribution >= 0.6 is 12.4 Å². The van der Waals surface area contributed by atoms with E-state index in [1.54, 1.807) is 0 Å². The van der Waals surface area contributed by atoms with Gasteiger partial charge in [-0.05, 0) is 50.3 Å². The standard InChI is InChI=1S/C17H25N.ClH/c1-4-11-17(12-6-5-7-13-17)18-16-10-8-9-14(2)15(16)3;/h4,8-10,18H,1,5-7,11-13H2,2-3H3;1H. The highest BCUT2D eigenvalue weighted by Crippen LogP contribution is 2.35. The summed E-state index contributed by atoms with van der Waals surface area (Å²) in [7, 11) is 0. The van der Waals surface area contributed by atoms with Crippen molar-refractivity contribution in [2.75, 3.05) is 5.32 Å². The molecule has 2 rings (SSSR count). The lowest BCUT2D eigenvalue weighted by atomic mass is 9.79. The SMILES string of the molecule is C=CCC1(Nc2cccc(C)c2C)CCCCC1.Cl. The zero-order valence-corrected chi connectivity index (χ0v) is 13.0. The molecule has 106 valence electrons. The minimum atomic E-state index is 0. The summed E-state index contributed by atoms with van der Waals surface area (Å²) >= 11 is 0. The van der Waals surface area contributed by atoms with Gasteiger partial charge >= 0.3 is 0 Å². The van der Waals surface area contributed by atoms with Gasteiger partial charge in [-0.25, -0.2) is 0 Å². The molecule has 0 unspecified atom stereocenters. The van der Waals surface area contributed by atoms with Gasteiger partial charge in [0.15, 0.2) is 0 Å². The van der Waals surface area contributed by atoms with Gasteiger partial charge in [-0.1, -0.05) is 37.5 Å². The van der Waals surface area contributed by atoms with Crippen molar-refractivity contribution in [1.29, 1.82) is 0 Å². The molecule has 1 saturated carbocycles. The highest BCUT2D eigenvalue weighted by molar-refractivity contribution is 5.85. The summed E-state index contributed by atoms with van der Waals surface area (Å²) in [6.45, 7) is 8.33. The zero-order valence-electron chi connectivity index (χ0n) is 12.2. The molecule has 0 saturated heterocycles. The molecule has 0 bridgehead atoms. The minimum Gasteiger partial charge on any atom is -0.379 e. The van der Waals surface area contributed by atoms with Gasteiger partial charge in [-0.3, -0.25) is 0 Å². The number of hydrogen-bond donors (Lipinski definition) is 1. The number of nitrogens with one attached hydrogen (secondary N) is 1. The first-order valence-electron chi connectivity index (χ1n) is 7.12. The van der Waals surface area contributed by atoms with Crippen LogP contribution in [0.1, 0.15) is 49.7 Å². The molecule has 1 nitrogen and oxygen atoms in total. The predicted octanol–water partition coefficient (Wildman–Crippen LogP) is 5.42. The van der Waals surface area contributed by atoms with Crippen molar-refractivity contribution in [2.45, 2.75) is 57.9 Å². The van der Waals surface area contributed by atoms with Gasteiger partial charge in [0, 0.05) is 11.2 Å². The molecule has 1 aromatic rings. The maximum Gasteiger partial charge on any atom is 0.0408 e. The monoisotopic (exact) mass is 279 g/mol. The van der Waals surface area contributed by atoms with Gasteiger partial charge in [-0.15, -0.1) is 19.0 Å². The summed E-state index contributed by atoms with van der Waals surface area (Å²) in [4.78, 5) is 0. The number of aryl methyl sites for hydroxylation is 1. The molecule has 0 radical (unpaired) electrons. The van der Waals surface area contributed by atoms with Crippen LogP contribution in [-0.4, -0.2) is 5.54 Å². The molecular formula is C17H26ClN. The van der Waals surface area contributed by atoms with E-state index in [0.717, 1.165) is 6.42 Å². The average molecular weight is 280 g/mol. The molecule has 0 spiro atoms. The second-order valence-electron chi connectivity index (χ2n) is 5.71. The van der Waals surface area contributed by atoms with E-state index in [1.807, 2.05) is 0 Å². The van der Waals surface area contributed by atoms with Crippen molar-refractivity contribution >= 4 is 18.1 Å². The maximum absolute atomic E-state index is 3.94. The molecule has 1 fully saturated rings. The predicted molar refractivity (Wildman–Crippen MR) is 87.4 cm³/mol. The molecule has 1 N–H and O–H groups in total. The van der Waals surface area contributed by atoms with E-state index in [-0.39, 0.29) is 17.9 Å². The maximum atomic E-state index is 3.94. The van der Waals surface area contributed by atoms with E-state index in [1.165, 1.54) is 48.9 Å². The Morgan fingerprint density at radius 2 is 1.89 bits per heavy atom. The number of halogens is 1. The fourth-order valence-electron chi connectivity index (χ4n) is 3.06. The quantitative estimate of drug-likeness (QED) is 0.726. The van der Waals surface area contributed by atoms with E-state index >= 15 is 0 Å². The first-order valence-corrected chi connectivity index (χ1v) is 7.12. The van der Waals surface area contributed by atoms with Crippen molar-refractivity contribution in [2.24, 2.45) is 0 Å². The Morgan fingerprint density at radius 1 is 1.21 bits per heavy atom. The third-order valence-corrected chi connectivity index (χ3v) is 4.35. The number of anilines is 1. The molecule has 19 heavy (non-hydrogen) atoms. The Kier molecular flexibility index (Phi) is 5.93. The smallest absolute Gasteiger partial charge is 0.0408 e. The van der Waals surface area contributed by atoms with E-state index in [9.17, 15) is 0 Å². The van der Waals surface area contributed by atoms with Crippen LogP contribution in [0.5, 0.6) is 0 Å². The summed E-state index contributed by atoms with van der Waals surface area (Å²) in [5.41, 5.74) is 4.30. The van der Waals surface area contributed by atoms with E-state index in [0.29, 0.717) is 0 Å². The summed E-state index contributed by atoms with van der Waals surface area (Å²) in [5.74, 6) is 0. The molecule has 0 aromatic heterocycles. The lowest BCUT2D eigenvalue weighted by Crippen LogP contribution is -2.40. The minimum absolute atomic E-state index is 0. The van der Waals surface area contributed by atoms with Crippen molar-refractivity contribution in [3.05, 3.63) is 42.0 Å². The third kappa shape index (κ3) is 3.76. The third-order valence-electron chi connectivity index (χ3n) is 4.35. The molecule has 0 aliphatic heterocycles. The zero-order chi connectivity index (χ0) is 13.0. The highest BCUT2D eigenvalue weighted by atomic mass is 35.5. The Bertz CT molecular complexity index is 419. The van der Waals surface area contributed by atoms with E-state index in [4.69, 9.17) is 0 Å². The lowest BCUT2D eigenvalue weighted by Gasteiger charge is -2.39. The Morgan fingerprint density at radius 3 is 2.53 bits per heavy atom. The molecule has 2 heteroatoms. The molecular weight excluding hydrogens is 254 g/mol. The lowest BCUT2D eigenvalue weighted by molar-refractivity contribution is 0.326. The van der Waals surface area contributed by atoms with Crippen LogP contribution in [0.25, 0.3) is 0 Å². The van der Waals surface area contributed by atoms with Crippen LogP contribution < -0.4 is 5.32 Å². The summed E-state index contributed by atoms with van der Waals surface area (Å²) < 4.78 is 0. The second kappa shape index (κ2) is 7.00. The fraction of sp³-hybridized carbons (Fsp3) is 0.529. The largest absolute Gasteiger partial charge is 0.379 e. The molecule has 1 aromatic carbocycles. The molecule has 0 atom stereocenters. The molecule has 0 amide bonds. The van der Waals surface area contributed by atoms with Gasteiger partial charge in [0.05, 0.1) is 0 Å².